The molecule has 5 aliphatic carbocycles. The molecule has 5 nitrogen and oxygen atoms in total. The zero-order valence-corrected chi connectivity index (χ0v) is 57.4. The summed E-state index contributed by atoms with van der Waals surface area (Å²) in [7, 11) is -5.55. The van der Waals surface area contributed by atoms with Crippen molar-refractivity contribution in [2.45, 2.75) is 295 Å². The van der Waals surface area contributed by atoms with Gasteiger partial charge in [0, 0.05) is 40.4 Å². The highest BCUT2D eigenvalue weighted by Gasteiger charge is 2.67. The highest BCUT2D eigenvalue weighted by atomic mass is 28.3. The molecule has 0 amide bonds. The van der Waals surface area contributed by atoms with E-state index in [-0.39, 0.29) is 45.5 Å². The van der Waals surface area contributed by atoms with Crippen molar-refractivity contribution in [3.63, 3.8) is 0 Å². The first kappa shape index (κ1) is 62.2. The minimum Gasteiger partial charge on any atom is -0.488 e. The van der Waals surface area contributed by atoms with E-state index >= 15 is 0 Å². The van der Waals surface area contributed by atoms with Gasteiger partial charge in [-0.15, -0.1) is 0 Å². The molecule has 0 aromatic heterocycles. The van der Waals surface area contributed by atoms with Crippen molar-refractivity contribution in [2.75, 3.05) is 0 Å². The zero-order valence-electron chi connectivity index (χ0n) is 52.4. The summed E-state index contributed by atoms with van der Waals surface area (Å²) in [6.45, 7) is 50.1. The number of hydrogen-bond acceptors (Lipinski definition) is 5. The van der Waals surface area contributed by atoms with Gasteiger partial charge in [0.2, 0.25) is 0 Å². The van der Waals surface area contributed by atoms with E-state index in [1.54, 1.807) is 0 Å². The molecule has 2 aliphatic heterocycles. The molecule has 1 aromatic rings. The highest BCUT2D eigenvalue weighted by molar-refractivity contribution is 6.79. The Balaban J connectivity index is 0.000000183. The molecule has 1 aromatic carbocycles. The Labute approximate surface area is 462 Å². The summed E-state index contributed by atoms with van der Waals surface area (Å²) in [6, 6.07) is 18.1. The summed E-state index contributed by atoms with van der Waals surface area (Å²) in [6.07, 6.45) is 16.5. The first-order valence-electron chi connectivity index (χ1n) is 31.1. The Kier molecular flexibility index (Phi) is 19.3. The van der Waals surface area contributed by atoms with E-state index in [2.05, 4.69) is 151 Å². The normalized spacial score (nSPS) is 31.3. The van der Waals surface area contributed by atoms with E-state index in [9.17, 15) is 9.59 Å². The topological polar surface area (TPSA) is 61.8 Å². The molecule has 0 radical (unpaired) electrons. The van der Waals surface area contributed by atoms with Crippen molar-refractivity contribution in [1.29, 1.82) is 0 Å². The molecule has 7 aliphatic rings. The lowest BCUT2D eigenvalue weighted by Crippen LogP contribution is -2.49. The molecule has 9 unspecified atom stereocenters. The molecule has 2 heterocycles. The fourth-order valence-corrected chi connectivity index (χ4v) is 27.0. The van der Waals surface area contributed by atoms with E-state index in [4.69, 9.17) is 14.2 Å². The van der Waals surface area contributed by atoms with Gasteiger partial charge in [-0.1, -0.05) is 169 Å². The minimum atomic E-state index is -1.26. The monoisotopic (exact) mass is 1110 g/mol. The number of esters is 2. The van der Waals surface area contributed by atoms with Gasteiger partial charge in [0.25, 0.3) is 0 Å². The minimum absolute atomic E-state index is 0.0182. The smallest absolute Gasteiger partial charge is 0.312 e. The number of ether oxygens (including phenoxy) is 3. The molecule has 424 valence electrons. The Bertz CT molecular complexity index is 2010. The van der Waals surface area contributed by atoms with Crippen LogP contribution in [0.4, 0.5) is 0 Å². The third kappa shape index (κ3) is 15.5. The first-order valence-corrected chi connectivity index (χ1v) is 49.1. The second kappa shape index (κ2) is 22.9. The molecule has 10 heteroatoms. The fourth-order valence-electron chi connectivity index (χ4n) is 16.0. The average molecular weight is 1110 g/mol. The number of fused-ring (bicyclic) bond motifs is 9. The standard InChI is InChI=1S/C25H42O2Si.C22H40OSi2.C17H36O2Si2/c1-15-16(2)19-14-18(15)22-17-12-20(23(19)22)21(13-17)24(26)27-25(8-6-7-9-25)10-11-28(3,4)5;1-9-21(2,3)19-10-12-20(13-11-19)23-22(18-24(4,5)6)14-16-25(7,8)17-15-22;1-9-16(2,3)15(18)19-17(14-20(4,5)6)10-12-21(7,8)13-11-17/h15-23H,6-14H2,1-5H3;10-13H,9,14-18H2,1-8H3;9-14H2,1-8H3. The summed E-state index contributed by atoms with van der Waals surface area (Å²) in [5.74, 6) is 8.51. The maximum absolute atomic E-state index is 13.5. The lowest BCUT2D eigenvalue weighted by molar-refractivity contribution is -0.170. The SMILES string of the molecule is CC1C(C)C2CC1C1C3CC(C(=O)OC4(CC[Si](C)(C)C)CCCC4)C(C3)C21.CCC(C)(C)C(=O)OC1(C[Si](C)(C)C)CC[Si](C)(C)CC1.CCC(C)(C)c1ccc(OC2(C[Si](C)(C)C)CC[Si](C)(C)CC2)cc1. The maximum Gasteiger partial charge on any atom is 0.312 e. The number of rotatable bonds is 16. The van der Waals surface area contributed by atoms with Crippen LogP contribution in [0, 0.1) is 58.7 Å². The van der Waals surface area contributed by atoms with Gasteiger partial charge in [-0.3, -0.25) is 9.59 Å². The number of carbonyl (C=O) groups is 2. The van der Waals surface area contributed by atoms with Crippen LogP contribution < -0.4 is 4.74 Å². The van der Waals surface area contributed by atoms with Crippen LogP contribution in [-0.4, -0.2) is 69.1 Å². The number of hydrogen-bond donors (Lipinski definition) is 0. The Morgan fingerprint density at radius 1 is 0.595 bits per heavy atom. The van der Waals surface area contributed by atoms with E-state index in [1.807, 2.05) is 13.8 Å². The van der Waals surface area contributed by atoms with Gasteiger partial charge in [-0.2, -0.15) is 0 Å². The van der Waals surface area contributed by atoms with Crippen LogP contribution in [0.1, 0.15) is 151 Å². The van der Waals surface area contributed by atoms with E-state index in [0.29, 0.717) is 5.92 Å². The Morgan fingerprint density at radius 2 is 1.08 bits per heavy atom. The number of benzene rings is 1. The van der Waals surface area contributed by atoms with Gasteiger partial charge in [-0.05, 0) is 186 Å². The molecular formula is C64H118O5Si5. The quantitative estimate of drug-likeness (QED) is 0.0938. The van der Waals surface area contributed by atoms with Crippen LogP contribution in [-0.2, 0) is 24.5 Å². The molecule has 74 heavy (non-hydrogen) atoms. The summed E-state index contributed by atoms with van der Waals surface area (Å²) in [4.78, 5) is 26.1. The molecule has 8 rings (SSSR count). The van der Waals surface area contributed by atoms with Crippen molar-refractivity contribution in [1.82, 2.24) is 0 Å². The van der Waals surface area contributed by atoms with E-state index in [1.165, 1.54) is 80.4 Å². The summed E-state index contributed by atoms with van der Waals surface area (Å²) in [5, 5.41) is 0. The third-order valence-electron chi connectivity index (χ3n) is 21.6. The summed E-state index contributed by atoms with van der Waals surface area (Å²) < 4.78 is 19.5. The van der Waals surface area contributed by atoms with Gasteiger partial charge in [0.15, 0.2) is 0 Å². The van der Waals surface area contributed by atoms with Crippen molar-refractivity contribution in [3.8, 4) is 5.75 Å². The lowest BCUT2D eigenvalue weighted by atomic mass is 9.62. The van der Waals surface area contributed by atoms with Gasteiger partial charge >= 0.3 is 11.9 Å². The molecular weight excluding hydrogens is 989 g/mol. The average Bonchev–Trinajstić information content (AvgIpc) is 4.13. The first-order chi connectivity index (χ1) is 33.9. The van der Waals surface area contributed by atoms with Crippen LogP contribution in [0.5, 0.6) is 5.75 Å². The van der Waals surface area contributed by atoms with Crippen molar-refractivity contribution in [3.05, 3.63) is 29.8 Å². The van der Waals surface area contributed by atoms with Gasteiger partial charge < -0.3 is 14.2 Å². The van der Waals surface area contributed by atoms with Crippen LogP contribution in [0.2, 0.25) is 127 Å². The molecule has 7 fully saturated rings. The molecule has 2 saturated heterocycles. The van der Waals surface area contributed by atoms with Crippen LogP contribution in [0.3, 0.4) is 0 Å². The maximum atomic E-state index is 13.5. The second-order valence-corrected chi connectivity index (χ2v) is 60.7. The predicted molar refractivity (Wildman–Crippen MR) is 332 cm³/mol. The highest BCUT2D eigenvalue weighted by Crippen LogP contribution is 2.71. The summed E-state index contributed by atoms with van der Waals surface area (Å²) >= 11 is 0. The molecule has 0 N–H and O–H groups in total. The lowest BCUT2D eigenvalue weighted by Gasteiger charge is -2.45. The van der Waals surface area contributed by atoms with Gasteiger partial charge in [-0.25, -0.2) is 0 Å². The van der Waals surface area contributed by atoms with Crippen molar-refractivity contribution in [2.24, 2.45) is 58.7 Å². The molecule has 9 atom stereocenters. The van der Waals surface area contributed by atoms with Crippen LogP contribution in [0.25, 0.3) is 0 Å². The predicted octanol–water partition coefficient (Wildman–Crippen LogP) is 19.3. The fraction of sp³-hybridized carbons (Fsp3) is 0.875. The Hall–Kier alpha value is -0.956. The Morgan fingerprint density at radius 3 is 1.55 bits per heavy atom. The third-order valence-corrected chi connectivity index (χ3v) is 33.2. The van der Waals surface area contributed by atoms with Crippen LogP contribution >= 0.6 is 0 Å². The van der Waals surface area contributed by atoms with Gasteiger partial charge in [0.1, 0.15) is 22.6 Å². The van der Waals surface area contributed by atoms with Crippen molar-refractivity contribution >= 4 is 52.3 Å². The molecule has 5 saturated carbocycles. The van der Waals surface area contributed by atoms with E-state index < -0.39 is 40.4 Å². The molecule has 0 spiro atoms. The second-order valence-electron chi connectivity index (χ2n) is 33.5. The van der Waals surface area contributed by atoms with Crippen LogP contribution in [0.15, 0.2) is 24.3 Å². The number of carbonyl (C=O) groups excluding carboxylic acids is 2. The summed E-state index contributed by atoms with van der Waals surface area (Å²) in [5.41, 5.74) is 1.14. The van der Waals surface area contributed by atoms with Gasteiger partial charge in [0.05, 0.1) is 11.3 Å². The van der Waals surface area contributed by atoms with E-state index in [0.717, 1.165) is 105 Å². The zero-order chi connectivity index (χ0) is 55.3. The molecule has 4 bridgehead atoms. The largest absolute Gasteiger partial charge is 0.488 e. The van der Waals surface area contributed by atoms with Crippen molar-refractivity contribution < 1.29 is 23.8 Å².